The van der Waals surface area contributed by atoms with Gasteiger partial charge in [-0.25, -0.2) is 9.59 Å². The van der Waals surface area contributed by atoms with E-state index in [4.69, 9.17) is 23.4 Å². The number of carbonyl (C=O) groups is 1. The molecule has 0 aliphatic heterocycles. The molecular weight excluding hydrogens is 388 g/mol. The van der Waals surface area contributed by atoms with Crippen LogP contribution in [-0.4, -0.2) is 32.9 Å². The number of rotatable bonds is 7. The normalized spacial score (nSPS) is 10.9. The average Bonchev–Trinajstić information content (AvgIpc) is 2.71. The minimum absolute atomic E-state index is 0.214. The Bertz CT molecular complexity index is 1130. The second-order valence-electron chi connectivity index (χ2n) is 6.94. The van der Waals surface area contributed by atoms with Crippen molar-refractivity contribution in [3.63, 3.8) is 0 Å². The molecule has 0 saturated heterocycles. The third-order valence-corrected chi connectivity index (χ3v) is 4.53. The Morgan fingerprint density at radius 2 is 1.77 bits per heavy atom. The lowest BCUT2D eigenvalue weighted by atomic mass is 9.99. The first-order chi connectivity index (χ1) is 14.3. The molecule has 7 heteroatoms. The Labute approximate surface area is 174 Å². The maximum Gasteiger partial charge on any atom is 0.344 e. The molecule has 0 N–H and O–H groups in total. The molecule has 1 aromatic heterocycles. The molecule has 3 aromatic rings. The van der Waals surface area contributed by atoms with Gasteiger partial charge in [0.2, 0.25) is 0 Å². The molecule has 0 aliphatic rings. The molecule has 1 heterocycles. The molecule has 7 nitrogen and oxygen atoms in total. The molecule has 0 unspecified atom stereocenters. The van der Waals surface area contributed by atoms with Crippen molar-refractivity contribution in [3.8, 4) is 28.4 Å². The molecule has 0 spiro atoms. The predicted molar refractivity (Wildman–Crippen MR) is 112 cm³/mol. The van der Waals surface area contributed by atoms with E-state index in [0.717, 1.165) is 10.9 Å². The Hall–Kier alpha value is -3.48. The number of fused-ring (bicyclic) bond motifs is 1. The van der Waals surface area contributed by atoms with Crippen molar-refractivity contribution >= 4 is 16.9 Å². The van der Waals surface area contributed by atoms with Gasteiger partial charge in [-0.3, -0.25) is 0 Å². The molecule has 0 fully saturated rings. The van der Waals surface area contributed by atoms with Crippen molar-refractivity contribution < 1.29 is 28.2 Å². The van der Waals surface area contributed by atoms with Gasteiger partial charge in [0.25, 0.3) is 0 Å². The van der Waals surface area contributed by atoms with E-state index in [2.05, 4.69) is 0 Å². The molecule has 0 amide bonds. The highest BCUT2D eigenvalue weighted by atomic mass is 16.6. The zero-order chi connectivity index (χ0) is 21.8. The minimum atomic E-state index is -0.483. The lowest BCUT2D eigenvalue weighted by Gasteiger charge is -2.12. The van der Waals surface area contributed by atoms with Gasteiger partial charge in [-0.1, -0.05) is 6.07 Å². The molecular formula is C23H24O7. The fourth-order valence-electron chi connectivity index (χ4n) is 3.19. The third-order valence-electron chi connectivity index (χ3n) is 4.53. The standard InChI is InChI=1S/C23H24O7/c1-13(2)29-21(24)12-28-16-7-8-17-14(3)22(23(25)30-19(17)11-16)15-6-9-18(26-4)20(10-15)27-5/h6-11,13H,12H2,1-5H3. The van der Waals surface area contributed by atoms with Crippen LogP contribution in [0.2, 0.25) is 0 Å². The van der Waals surface area contributed by atoms with Crippen LogP contribution < -0.4 is 19.8 Å². The highest BCUT2D eigenvalue weighted by Crippen LogP contribution is 2.34. The van der Waals surface area contributed by atoms with Crippen LogP contribution in [0.15, 0.2) is 45.6 Å². The van der Waals surface area contributed by atoms with Crippen molar-refractivity contribution in [2.24, 2.45) is 0 Å². The smallest absolute Gasteiger partial charge is 0.344 e. The lowest BCUT2D eigenvalue weighted by Crippen LogP contribution is -2.18. The number of hydrogen-bond acceptors (Lipinski definition) is 7. The highest BCUT2D eigenvalue weighted by molar-refractivity contribution is 5.87. The number of ether oxygens (including phenoxy) is 4. The first-order valence-electron chi connectivity index (χ1n) is 9.46. The first-order valence-corrected chi connectivity index (χ1v) is 9.46. The fraction of sp³-hybridized carbons (Fsp3) is 0.304. The van der Waals surface area contributed by atoms with Crippen molar-refractivity contribution in [1.29, 1.82) is 0 Å². The van der Waals surface area contributed by atoms with Crippen LogP contribution in [0.4, 0.5) is 0 Å². The third kappa shape index (κ3) is 4.40. The molecule has 158 valence electrons. The number of carbonyl (C=O) groups excluding carboxylic acids is 1. The zero-order valence-corrected chi connectivity index (χ0v) is 17.6. The molecule has 0 atom stereocenters. The molecule has 0 saturated carbocycles. The van der Waals surface area contributed by atoms with Gasteiger partial charge < -0.3 is 23.4 Å². The molecule has 0 radical (unpaired) electrons. The van der Waals surface area contributed by atoms with E-state index < -0.39 is 11.6 Å². The summed E-state index contributed by atoms with van der Waals surface area (Å²) in [5.41, 5.74) is 1.76. The van der Waals surface area contributed by atoms with Crippen LogP contribution in [0.25, 0.3) is 22.1 Å². The summed E-state index contributed by atoms with van der Waals surface area (Å²) in [5.74, 6) is 1.03. The number of aryl methyl sites for hydroxylation is 1. The number of methoxy groups -OCH3 is 2. The van der Waals surface area contributed by atoms with Gasteiger partial charge in [0, 0.05) is 11.5 Å². The maximum absolute atomic E-state index is 12.8. The van der Waals surface area contributed by atoms with Crippen molar-refractivity contribution in [2.75, 3.05) is 20.8 Å². The largest absolute Gasteiger partial charge is 0.493 e. The molecule has 0 bridgehead atoms. The SMILES string of the molecule is COc1ccc(-c2c(C)c3ccc(OCC(=O)OC(C)C)cc3oc2=O)cc1OC. The van der Waals surface area contributed by atoms with Crippen LogP contribution in [0.1, 0.15) is 19.4 Å². The highest BCUT2D eigenvalue weighted by Gasteiger charge is 2.16. The minimum Gasteiger partial charge on any atom is -0.493 e. The van der Waals surface area contributed by atoms with Crippen LogP contribution in [-0.2, 0) is 9.53 Å². The Morgan fingerprint density at radius 1 is 1.03 bits per heavy atom. The lowest BCUT2D eigenvalue weighted by molar-refractivity contribution is -0.149. The summed E-state index contributed by atoms with van der Waals surface area (Å²) in [7, 11) is 3.09. The van der Waals surface area contributed by atoms with Gasteiger partial charge >= 0.3 is 11.6 Å². The Kier molecular flexibility index (Phi) is 6.30. The van der Waals surface area contributed by atoms with E-state index in [9.17, 15) is 9.59 Å². The van der Waals surface area contributed by atoms with E-state index >= 15 is 0 Å². The van der Waals surface area contributed by atoms with Crippen LogP contribution >= 0.6 is 0 Å². The van der Waals surface area contributed by atoms with Gasteiger partial charge in [-0.05, 0) is 56.2 Å². The second-order valence-corrected chi connectivity index (χ2v) is 6.94. The van der Waals surface area contributed by atoms with Crippen molar-refractivity contribution in [2.45, 2.75) is 26.9 Å². The fourth-order valence-corrected chi connectivity index (χ4v) is 3.19. The average molecular weight is 412 g/mol. The van der Waals surface area contributed by atoms with Gasteiger partial charge in [0.1, 0.15) is 11.3 Å². The van der Waals surface area contributed by atoms with Gasteiger partial charge in [0.05, 0.1) is 25.9 Å². The van der Waals surface area contributed by atoms with Crippen molar-refractivity contribution in [1.82, 2.24) is 0 Å². The maximum atomic E-state index is 12.8. The van der Waals surface area contributed by atoms with E-state index in [0.29, 0.717) is 34.0 Å². The number of esters is 1. The van der Waals surface area contributed by atoms with E-state index in [1.807, 2.05) is 6.92 Å². The summed E-state index contributed by atoms with van der Waals surface area (Å²) in [4.78, 5) is 24.4. The van der Waals surface area contributed by atoms with E-state index in [1.54, 1.807) is 57.4 Å². The van der Waals surface area contributed by atoms with Gasteiger partial charge in [-0.2, -0.15) is 0 Å². The number of hydrogen-bond donors (Lipinski definition) is 0. The van der Waals surface area contributed by atoms with Crippen molar-refractivity contribution in [3.05, 3.63) is 52.4 Å². The summed E-state index contributed by atoms with van der Waals surface area (Å²) < 4.78 is 26.6. The quantitative estimate of drug-likeness (QED) is 0.426. The van der Waals surface area contributed by atoms with E-state index in [1.165, 1.54) is 7.11 Å². The monoisotopic (exact) mass is 412 g/mol. The summed E-state index contributed by atoms with van der Waals surface area (Å²) in [6, 6.07) is 10.4. The van der Waals surface area contributed by atoms with E-state index in [-0.39, 0.29) is 12.7 Å². The Balaban J connectivity index is 1.96. The summed E-state index contributed by atoms with van der Waals surface area (Å²) in [6.07, 6.45) is -0.214. The van der Waals surface area contributed by atoms with Gasteiger partial charge in [0.15, 0.2) is 18.1 Å². The van der Waals surface area contributed by atoms with Crippen LogP contribution in [0.5, 0.6) is 17.2 Å². The predicted octanol–water partition coefficient (Wildman–Crippen LogP) is 4.12. The van der Waals surface area contributed by atoms with Gasteiger partial charge in [-0.15, -0.1) is 0 Å². The molecule has 0 aliphatic carbocycles. The topological polar surface area (TPSA) is 84.2 Å². The summed E-state index contributed by atoms with van der Waals surface area (Å²) in [6.45, 7) is 5.16. The summed E-state index contributed by atoms with van der Waals surface area (Å²) in [5, 5.41) is 0.761. The number of benzene rings is 2. The Morgan fingerprint density at radius 3 is 2.43 bits per heavy atom. The summed E-state index contributed by atoms with van der Waals surface area (Å²) >= 11 is 0. The van der Waals surface area contributed by atoms with Crippen LogP contribution in [0.3, 0.4) is 0 Å². The second kappa shape index (κ2) is 8.90. The zero-order valence-electron chi connectivity index (χ0n) is 17.6. The molecule has 3 rings (SSSR count). The molecule has 30 heavy (non-hydrogen) atoms. The van der Waals surface area contributed by atoms with Crippen LogP contribution in [0, 0.1) is 6.92 Å². The molecule has 2 aromatic carbocycles. The first kappa shape index (κ1) is 21.2.